The van der Waals surface area contributed by atoms with E-state index in [1.807, 2.05) is 0 Å². The minimum atomic E-state index is -1.26. The Kier molecular flexibility index (Phi) is 5.28. The highest BCUT2D eigenvalue weighted by Crippen LogP contribution is 2.36. The number of fused-ring (bicyclic) bond motifs is 1. The molecule has 1 aliphatic heterocycles. The average molecular weight is 359 g/mol. The molecule has 2 heterocycles. The quantitative estimate of drug-likeness (QED) is 0.545. The number of hydrogen-bond acceptors (Lipinski definition) is 8. The molecule has 3 rings (SSSR count). The first-order valence-corrected chi connectivity index (χ1v) is 8.16. The lowest BCUT2D eigenvalue weighted by atomic mass is 9.64. The van der Waals surface area contributed by atoms with Gasteiger partial charge in [-0.25, -0.2) is 9.48 Å². The lowest BCUT2D eigenvalue weighted by Crippen LogP contribution is -2.36. The SMILES string of the molecule is NCCn1nnnc1CC(=O)C[C@H]1Cc2cccc(C(=O)O)c2OB1O. The lowest BCUT2D eigenvalue weighted by molar-refractivity contribution is -0.118. The van der Waals surface area contributed by atoms with Crippen LogP contribution in [0.3, 0.4) is 0 Å². The normalized spacial score (nSPS) is 16.1. The van der Waals surface area contributed by atoms with Gasteiger partial charge in [0.05, 0.1) is 18.5 Å². The van der Waals surface area contributed by atoms with E-state index in [1.54, 1.807) is 12.1 Å². The molecule has 0 bridgehead atoms. The van der Waals surface area contributed by atoms with E-state index in [-0.39, 0.29) is 29.9 Å². The second-order valence-corrected chi connectivity index (χ2v) is 6.10. The van der Waals surface area contributed by atoms with Crippen molar-refractivity contribution in [2.24, 2.45) is 5.73 Å². The first kappa shape index (κ1) is 18.0. The Hall–Kier alpha value is -2.79. The maximum Gasteiger partial charge on any atom is 0.526 e. The number of carboxylic acid groups (broad SMARTS) is 1. The number of Topliss-reactive ketones (excluding diaryl/α,β-unsaturated/α-hetero) is 1. The molecule has 1 aliphatic rings. The highest BCUT2D eigenvalue weighted by atomic mass is 16.5. The second kappa shape index (κ2) is 7.62. The number of carboxylic acids is 1. The summed E-state index contributed by atoms with van der Waals surface area (Å²) in [4.78, 5) is 23.6. The molecular weight excluding hydrogens is 341 g/mol. The fourth-order valence-electron chi connectivity index (χ4n) is 3.01. The molecule has 136 valence electrons. The van der Waals surface area contributed by atoms with Gasteiger partial charge in [0.15, 0.2) is 5.82 Å². The number of nitrogens with zero attached hydrogens (tertiary/aromatic N) is 4. The summed E-state index contributed by atoms with van der Waals surface area (Å²) in [6, 6.07) is 4.76. The number of ketones is 1. The molecule has 2 aromatic rings. The van der Waals surface area contributed by atoms with Crippen molar-refractivity contribution < 1.29 is 24.4 Å². The summed E-state index contributed by atoms with van der Waals surface area (Å²) >= 11 is 0. The van der Waals surface area contributed by atoms with E-state index in [9.17, 15) is 19.7 Å². The summed E-state index contributed by atoms with van der Waals surface area (Å²) in [7, 11) is -1.26. The molecule has 0 aliphatic carbocycles. The predicted molar refractivity (Wildman–Crippen MR) is 89.7 cm³/mol. The number of carbonyl (C=O) groups excluding carboxylic acids is 1. The van der Waals surface area contributed by atoms with Gasteiger partial charge in [0.2, 0.25) is 0 Å². The number of benzene rings is 1. The van der Waals surface area contributed by atoms with Gasteiger partial charge in [-0.1, -0.05) is 12.1 Å². The second-order valence-electron chi connectivity index (χ2n) is 6.10. The fourth-order valence-corrected chi connectivity index (χ4v) is 3.01. The van der Waals surface area contributed by atoms with Crippen LogP contribution in [-0.4, -0.2) is 55.8 Å². The van der Waals surface area contributed by atoms with Gasteiger partial charge in [-0.05, 0) is 28.5 Å². The standard InChI is InChI=1S/C15H18BN5O5/c17-4-5-21-13(18-19-20-21)8-11(22)7-10-6-9-2-1-3-12(15(23)24)14(9)26-16(10)25/h1-3,10,25H,4-8,17H2,(H,23,24)/t10-/m1/s1. The zero-order valence-corrected chi connectivity index (χ0v) is 13.9. The maximum atomic E-state index is 12.4. The van der Waals surface area contributed by atoms with Crippen LogP contribution in [0.5, 0.6) is 5.75 Å². The monoisotopic (exact) mass is 359 g/mol. The molecular formula is C15H18BN5O5. The van der Waals surface area contributed by atoms with E-state index < -0.39 is 18.9 Å². The zero-order valence-electron chi connectivity index (χ0n) is 13.9. The molecule has 0 amide bonds. The first-order chi connectivity index (χ1) is 12.5. The third-order valence-corrected chi connectivity index (χ3v) is 4.24. The molecule has 0 saturated heterocycles. The predicted octanol–water partition coefficient (Wildman–Crippen LogP) is -0.682. The molecule has 10 nitrogen and oxygen atoms in total. The van der Waals surface area contributed by atoms with Crippen molar-refractivity contribution in [3.05, 3.63) is 35.2 Å². The number of rotatable bonds is 7. The van der Waals surface area contributed by atoms with Crippen LogP contribution >= 0.6 is 0 Å². The van der Waals surface area contributed by atoms with E-state index in [0.29, 0.717) is 30.9 Å². The van der Waals surface area contributed by atoms with Crippen LogP contribution in [0.2, 0.25) is 5.82 Å². The first-order valence-electron chi connectivity index (χ1n) is 8.16. The van der Waals surface area contributed by atoms with Crippen molar-refractivity contribution in [2.75, 3.05) is 6.54 Å². The summed E-state index contributed by atoms with van der Waals surface area (Å²) in [6.07, 6.45) is 0.433. The third kappa shape index (κ3) is 3.73. The molecule has 1 atom stereocenters. The number of aromatic carboxylic acids is 1. The highest BCUT2D eigenvalue weighted by Gasteiger charge is 2.37. The summed E-state index contributed by atoms with van der Waals surface area (Å²) < 4.78 is 6.87. The Morgan fingerprint density at radius 3 is 2.96 bits per heavy atom. The highest BCUT2D eigenvalue weighted by molar-refractivity contribution is 6.47. The Labute approximate surface area is 149 Å². The molecule has 0 spiro atoms. The van der Waals surface area contributed by atoms with Crippen molar-refractivity contribution in [1.29, 1.82) is 0 Å². The van der Waals surface area contributed by atoms with Gasteiger partial charge < -0.3 is 20.5 Å². The Balaban J connectivity index is 1.69. The van der Waals surface area contributed by atoms with Crippen LogP contribution in [0.4, 0.5) is 0 Å². The third-order valence-electron chi connectivity index (χ3n) is 4.24. The van der Waals surface area contributed by atoms with Gasteiger partial charge in [0.1, 0.15) is 11.5 Å². The van der Waals surface area contributed by atoms with Gasteiger partial charge in [0, 0.05) is 18.8 Å². The minimum Gasteiger partial charge on any atom is -0.535 e. The van der Waals surface area contributed by atoms with Crippen LogP contribution in [0.1, 0.15) is 28.2 Å². The van der Waals surface area contributed by atoms with E-state index in [0.717, 1.165) is 0 Å². The minimum absolute atomic E-state index is 0.00714. The molecule has 26 heavy (non-hydrogen) atoms. The van der Waals surface area contributed by atoms with Crippen molar-refractivity contribution in [2.45, 2.75) is 31.6 Å². The Morgan fingerprint density at radius 2 is 2.23 bits per heavy atom. The number of carbonyl (C=O) groups is 2. The van der Waals surface area contributed by atoms with Gasteiger partial charge in [-0.2, -0.15) is 0 Å². The number of para-hydroxylation sites is 1. The number of tetrazole rings is 1. The molecule has 4 N–H and O–H groups in total. The van der Waals surface area contributed by atoms with Crippen LogP contribution in [0, 0.1) is 0 Å². The molecule has 0 saturated carbocycles. The van der Waals surface area contributed by atoms with E-state index in [1.165, 1.54) is 10.7 Å². The molecule has 1 aromatic carbocycles. The van der Waals surface area contributed by atoms with Crippen LogP contribution in [-0.2, 0) is 24.2 Å². The van der Waals surface area contributed by atoms with Gasteiger partial charge in [-0.15, -0.1) is 5.10 Å². The topological polar surface area (TPSA) is 153 Å². The van der Waals surface area contributed by atoms with Crippen molar-refractivity contribution in [3.63, 3.8) is 0 Å². The lowest BCUT2D eigenvalue weighted by Gasteiger charge is -2.27. The molecule has 0 radical (unpaired) electrons. The number of aromatic nitrogens is 4. The van der Waals surface area contributed by atoms with Gasteiger partial charge >= 0.3 is 13.1 Å². The number of hydrogen-bond donors (Lipinski definition) is 3. The maximum absolute atomic E-state index is 12.4. The summed E-state index contributed by atoms with van der Waals surface area (Å²) in [5.41, 5.74) is 6.12. The summed E-state index contributed by atoms with van der Waals surface area (Å²) in [6.45, 7) is 0.764. The van der Waals surface area contributed by atoms with Crippen molar-refractivity contribution in [3.8, 4) is 5.75 Å². The molecule has 0 unspecified atom stereocenters. The molecule has 11 heteroatoms. The van der Waals surface area contributed by atoms with Crippen molar-refractivity contribution in [1.82, 2.24) is 20.2 Å². The molecule has 0 fully saturated rings. The van der Waals surface area contributed by atoms with E-state index in [4.69, 9.17) is 10.4 Å². The van der Waals surface area contributed by atoms with Gasteiger partial charge in [-0.3, -0.25) is 4.79 Å². The largest absolute Gasteiger partial charge is 0.535 e. The van der Waals surface area contributed by atoms with E-state index in [2.05, 4.69) is 15.5 Å². The average Bonchev–Trinajstić information content (AvgIpc) is 3.02. The smallest absolute Gasteiger partial charge is 0.526 e. The summed E-state index contributed by atoms with van der Waals surface area (Å²) in [5.74, 6) is -1.18. The van der Waals surface area contributed by atoms with Crippen LogP contribution in [0.25, 0.3) is 0 Å². The van der Waals surface area contributed by atoms with Crippen LogP contribution < -0.4 is 10.4 Å². The Bertz CT molecular complexity index is 827. The Morgan fingerprint density at radius 1 is 1.42 bits per heavy atom. The fraction of sp³-hybridized carbons (Fsp3) is 0.400. The summed E-state index contributed by atoms with van der Waals surface area (Å²) in [5, 5.41) is 30.5. The number of nitrogens with two attached hydrogens (primary N) is 1. The van der Waals surface area contributed by atoms with E-state index >= 15 is 0 Å². The zero-order chi connectivity index (χ0) is 18.7. The molecule has 1 aromatic heterocycles. The van der Waals surface area contributed by atoms with Crippen LogP contribution in [0.15, 0.2) is 18.2 Å². The van der Waals surface area contributed by atoms with Crippen molar-refractivity contribution >= 4 is 18.9 Å². The van der Waals surface area contributed by atoms with Gasteiger partial charge in [0.25, 0.3) is 0 Å².